The molecule has 6 heteroatoms. The lowest BCUT2D eigenvalue weighted by Gasteiger charge is -2.40. The fraction of sp³-hybridized carbons (Fsp3) is 0.706. The number of nitrogens with zero attached hydrogens (tertiary/aromatic N) is 2. The van der Waals surface area contributed by atoms with Gasteiger partial charge in [0, 0.05) is 30.3 Å². The third-order valence-electron chi connectivity index (χ3n) is 5.19. The van der Waals surface area contributed by atoms with Gasteiger partial charge in [-0.15, -0.1) is 0 Å². The van der Waals surface area contributed by atoms with Crippen LogP contribution in [0.5, 0.6) is 0 Å². The van der Waals surface area contributed by atoms with Gasteiger partial charge in [0.25, 0.3) is 0 Å². The molecule has 3 N–H and O–H groups in total. The Kier molecular flexibility index (Phi) is 3.94. The van der Waals surface area contributed by atoms with Crippen LogP contribution in [0.25, 0.3) is 0 Å². The SMILES string of the molecule is CC(C)(C)[C@]1(OC(N)=O)CC[C@H](Nc2ncc(C3CC3)cn2)C1. The van der Waals surface area contributed by atoms with Crippen molar-refractivity contribution >= 4 is 12.0 Å². The van der Waals surface area contributed by atoms with Gasteiger partial charge in [0.2, 0.25) is 5.95 Å². The molecule has 2 aliphatic carbocycles. The molecular weight excluding hydrogens is 292 g/mol. The van der Waals surface area contributed by atoms with Crippen LogP contribution in [0.1, 0.15) is 64.4 Å². The van der Waals surface area contributed by atoms with E-state index in [1.807, 2.05) is 12.4 Å². The summed E-state index contributed by atoms with van der Waals surface area (Å²) in [7, 11) is 0. The summed E-state index contributed by atoms with van der Waals surface area (Å²) in [6.07, 6.45) is 8.03. The van der Waals surface area contributed by atoms with Crippen LogP contribution in [0.2, 0.25) is 0 Å². The molecule has 3 rings (SSSR count). The first-order valence-electron chi connectivity index (χ1n) is 8.36. The number of hydrogen-bond acceptors (Lipinski definition) is 5. The first kappa shape index (κ1) is 16.0. The Bertz CT molecular complexity index is 577. The number of primary amides is 1. The number of aromatic nitrogens is 2. The van der Waals surface area contributed by atoms with Gasteiger partial charge in [0.1, 0.15) is 5.60 Å². The van der Waals surface area contributed by atoms with Crippen LogP contribution in [-0.2, 0) is 4.74 Å². The van der Waals surface area contributed by atoms with Crippen molar-refractivity contribution in [2.24, 2.45) is 11.1 Å². The lowest BCUT2D eigenvalue weighted by molar-refractivity contribution is -0.0599. The average molecular weight is 318 g/mol. The Morgan fingerprint density at radius 3 is 2.48 bits per heavy atom. The molecule has 1 aromatic heterocycles. The van der Waals surface area contributed by atoms with Crippen molar-refractivity contribution in [2.45, 2.75) is 70.4 Å². The van der Waals surface area contributed by atoms with Gasteiger partial charge in [-0.05, 0) is 37.2 Å². The van der Waals surface area contributed by atoms with E-state index in [-0.39, 0.29) is 11.5 Å². The quantitative estimate of drug-likeness (QED) is 0.889. The van der Waals surface area contributed by atoms with Gasteiger partial charge in [-0.2, -0.15) is 0 Å². The van der Waals surface area contributed by atoms with Crippen LogP contribution in [0.15, 0.2) is 12.4 Å². The average Bonchev–Trinajstić information content (AvgIpc) is 3.21. The molecule has 126 valence electrons. The van der Waals surface area contributed by atoms with Crippen molar-refractivity contribution in [1.29, 1.82) is 0 Å². The second kappa shape index (κ2) is 5.65. The summed E-state index contributed by atoms with van der Waals surface area (Å²) in [5, 5.41) is 3.37. The molecule has 0 saturated heterocycles. The maximum atomic E-state index is 11.3. The highest BCUT2D eigenvalue weighted by molar-refractivity contribution is 5.65. The monoisotopic (exact) mass is 318 g/mol. The summed E-state index contributed by atoms with van der Waals surface area (Å²) >= 11 is 0. The summed E-state index contributed by atoms with van der Waals surface area (Å²) < 4.78 is 5.55. The minimum atomic E-state index is -0.703. The van der Waals surface area contributed by atoms with Gasteiger partial charge < -0.3 is 15.8 Å². The summed E-state index contributed by atoms with van der Waals surface area (Å²) in [4.78, 5) is 20.2. The highest BCUT2D eigenvalue weighted by Crippen LogP contribution is 2.47. The Hall–Kier alpha value is -1.85. The minimum Gasteiger partial charge on any atom is -0.442 e. The smallest absolute Gasteiger partial charge is 0.405 e. The minimum absolute atomic E-state index is 0.171. The third-order valence-corrected chi connectivity index (χ3v) is 5.19. The van der Waals surface area contributed by atoms with Crippen molar-refractivity contribution < 1.29 is 9.53 Å². The first-order valence-corrected chi connectivity index (χ1v) is 8.36. The van der Waals surface area contributed by atoms with Crippen molar-refractivity contribution in [1.82, 2.24) is 9.97 Å². The number of nitrogens with one attached hydrogen (secondary N) is 1. The molecule has 2 saturated carbocycles. The lowest BCUT2D eigenvalue weighted by Crippen LogP contribution is -2.46. The van der Waals surface area contributed by atoms with E-state index in [9.17, 15) is 4.79 Å². The zero-order chi connectivity index (χ0) is 16.7. The summed E-state index contributed by atoms with van der Waals surface area (Å²) in [6.45, 7) is 6.25. The topological polar surface area (TPSA) is 90.1 Å². The highest BCUT2D eigenvalue weighted by Gasteiger charge is 2.50. The predicted molar refractivity (Wildman–Crippen MR) is 88.1 cm³/mol. The zero-order valence-corrected chi connectivity index (χ0v) is 14.1. The van der Waals surface area contributed by atoms with E-state index in [1.165, 1.54) is 18.4 Å². The van der Waals surface area contributed by atoms with Gasteiger partial charge in [-0.25, -0.2) is 14.8 Å². The molecule has 0 bridgehead atoms. The fourth-order valence-corrected chi connectivity index (χ4v) is 3.47. The van der Waals surface area contributed by atoms with Crippen LogP contribution in [0, 0.1) is 5.41 Å². The van der Waals surface area contributed by atoms with Crippen molar-refractivity contribution in [3.63, 3.8) is 0 Å². The van der Waals surface area contributed by atoms with Gasteiger partial charge >= 0.3 is 6.09 Å². The molecular formula is C17H26N4O2. The van der Waals surface area contributed by atoms with E-state index in [0.717, 1.165) is 12.8 Å². The second-order valence-corrected chi connectivity index (χ2v) is 7.86. The predicted octanol–water partition coefficient (Wildman–Crippen LogP) is 3.20. The fourth-order valence-electron chi connectivity index (χ4n) is 3.47. The Morgan fingerprint density at radius 1 is 1.30 bits per heavy atom. The first-order chi connectivity index (χ1) is 10.8. The number of hydrogen-bond donors (Lipinski definition) is 2. The Labute approximate surface area is 137 Å². The van der Waals surface area contributed by atoms with Gasteiger partial charge in [0.15, 0.2) is 0 Å². The van der Waals surface area contributed by atoms with E-state index in [2.05, 4.69) is 36.1 Å². The molecule has 0 aromatic carbocycles. The van der Waals surface area contributed by atoms with Crippen LogP contribution < -0.4 is 11.1 Å². The highest BCUT2D eigenvalue weighted by atomic mass is 16.6. The van der Waals surface area contributed by atoms with E-state index < -0.39 is 11.7 Å². The van der Waals surface area contributed by atoms with Gasteiger partial charge in [-0.3, -0.25) is 0 Å². The molecule has 1 aromatic rings. The normalized spacial score (nSPS) is 27.7. The van der Waals surface area contributed by atoms with E-state index in [1.54, 1.807) is 0 Å². The van der Waals surface area contributed by atoms with Crippen molar-refractivity contribution in [3.05, 3.63) is 18.0 Å². The summed E-state index contributed by atoms with van der Waals surface area (Å²) in [5.74, 6) is 1.30. The Morgan fingerprint density at radius 2 is 1.96 bits per heavy atom. The maximum Gasteiger partial charge on any atom is 0.405 e. The number of nitrogens with two attached hydrogens (primary N) is 1. The number of carbonyl (C=O) groups excluding carboxylic acids is 1. The number of amides is 1. The molecule has 1 amide bonds. The van der Waals surface area contributed by atoms with E-state index in [4.69, 9.17) is 10.5 Å². The number of ether oxygens (including phenoxy) is 1. The molecule has 2 fully saturated rings. The lowest BCUT2D eigenvalue weighted by atomic mass is 9.75. The molecule has 1 heterocycles. The number of anilines is 1. The van der Waals surface area contributed by atoms with Crippen LogP contribution in [-0.4, -0.2) is 27.7 Å². The molecule has 0 spiro atoms. The van der Waals surface area contributed by atoms with Gasteiger partial charge in [-0.1, -0.05) is 20.8 Å². The van der Waals surface area contributed by atoms with Crippen molar-refractivity contribution in [2.75, 3.05) is 5.32 Å². The third kappa shape index (κ3) is 3.41. The van der Waals surface area contributed by atoms with E-state index in [0.29, 0.717) is 18.3 Å². The van der Waals surface area contributed by atoms with E-state index >= 15 is 0 Å². The summed E-state index contributed by atoms with van der Waals surface area (Å²) in [5.41, 5.74) is 5.81. The van der Waals surface area contributed by atoms with Crippen LogP contribution in [0.3, 0.4) is 0 Å². The zero-order valence-electron chi connectivity index (χ0n) is 14.1. The molecule has 23 heavy (non-hydrogen) atoms. The summed E-state index contributed by atoms with van der Waals surface area (Å²) in [6, 6.07) is 0.181. The van der Waals surface area contributed by atoms with Crippen molar-refractivity contribution in [3.8, 4) is 0 Å². The van der Waals surface area contributed by atoms with Crippen LogP contribution >= 0.6 is 0 Å². The second-order valence-electron chi connectivity index (χ2n) is 7.86. The molecule has 0 aliphatic heterocycles. The standard InChI is InChI=1S/C17H26N4O2/c1-16(2,3)17(23-14(18)22)7-6-13(8-17)21-15-19-9-12(10-20-15)11-4-5-11/h9-11,13H,4-8H2,1-3H3,(H2,18,22)(H,19,20,21)/t13-,17-/m0/s1. The molecule has 0 radical (unpaired) electrons. The number of rotatable bonds is 4. The largest absolute Gasteiger partial charge is 0.442 e. The molecule has 0 unspecified atom stereocenters. The Balaban J connectivity index is 1.66. The molecule has 2 aliphatic rings. The van der Waals surface area contributed by atoms with Crippen LogP contribution in [0.4, 0.5) is 10.7 Å². The molecule has 2 atom stereocenters. The van der Waals surface area contributed by atoms with Gasteiger partial charge in [0.05, 0.1) is 0 Å². The number of carbonyl (C=O) groups is 1. The molecule has 6 nitrogen and oxygen atoms in total. The maximum absolute atomic E-state index is 11.3.